The van der Waals surface area contributed by atoms with Crippen LogP contribution in [0.3, 0.4) is 0 Å². The number of esters is 2. The van der Waals surface area contributed by atoms with Gasteiger partial charge in [0.2, 0.25) is 0 Å². The fourth-order valence-electron chi connectivity index (χ4n) is 2.42. The number of methoxy groups -OCH3 is 2. The van der Waals surface area contributed by atoms with Gasteiger partial charge in [-0.15, -0.1) is 0 Å². The first-order valence-electron chi connectivity index (χ1n) is 6.87. The third-order valence-electron chi connectivity index (χ3n) is 3.61. The number of hydrogen-bond acceptors (Lipinski definition) is 5. The van der Waals surface area contributed by atoms with Gasteiger partial charge in [0, 0.05) is 11.1 Å². The molecule has 0 atom stereocenters. The highest BCUT2D eigenvalue weighted by molar-refractivity contribution is 6.12. The summed E-state index contributed by atoms with van der Waals surface area (Å²) in [4.78, 5) is 24.0. The van der Waals surface area contributed by atoms with Crippen LogP contribution in [0.25, 0.3) is 11.1 Å². The van der Waals surface area contributed by atoms with Gasteiger partial charge in [-0.1, -0.05) is 32.0 Å². The second-order valence-corrected chi connectivity index (χ2v) is 5.23. The van der Waals surface area contributed by atoms with Crippen molar-refractivity contribution in [1.82, 2.24) is 0 Å². The molecule has 22 heavy (non-hydrogen) atoms. The second-order valence-electron chi connectivity index (χ2n) is 5.23. The zero-order chi connectivity index (χ0) is 16.4. The van der Waals surface area contributed by atoms with Crippen LogP contribution in [0.5, 0.6) is 5.75 Å². The Morgan fingerprint density at radius 2 is 1.55 bits per heavy atom. The summed E-state index contributed by atoms with van der Waals surface area (Å²) < 4.78 is 9.44. The van der Waals surface area contributed by atoms with E-state index in [1.165, 1.54) is 14.2 Å². The molecule has 2 aliphatic carbocycles. The predicted molar refractivity (Wildman–Crippen MR) is 81.5 cm³/mol. The molecule has 0 heterocycles. The molecule has 0 saturated heterocycles. The largest absolute Gasteiger partial charge is 0.506 e. The van der Waals surface area contributed by atoms with E-state index >= 15 is 0 Å². The Hall–Kier alpha value is -2.56. The topological polar surface area (TPSA) is 72.8 Å². The smallest absolute Gasteiger partial charge is 0.342 e. The summed E-state index contributed by atoms with van der Waals surface area (Å²) in [7, 11) is 2.45. The maximum absolute atomic E-state index is 12.0. The fourth-order valence-corrected chi connectivity index (χ4v) is 2.42. The molecule has 0 fully saturated rings. The second kappa shape index (κ2) is 6.05. The van der Waals surface area contributed by atoms with Crippen molar-refractivity contribution in [1.29, 1.82) is 0 Å². The zero-order valence-corrected chi connectivity index (χ0v) is 13.0. The number of hydrogen-bond donors (Lipinski definition) is 1. The van der Waals surface area contributed by atoms with E-state index in [1.54, 1.807) is 18.2 Å². The molecule has 0 aromatic heterocycles. The molecular weight excluding hydrogens is 284 g/mol. The number of aromatic hydroxyl groups is 1. The van der Waals surface area contributed by atoms with Crippen LogP contribution in [0.4, 0.5) is 0 Å². The molecule has 0 radical (unpaired) electrons. The quantitative estimate of drug-likeness (QED) is 0.881. The lowest BCUT2D eigenvalue weighted by Gasteiger charge is -2.04. The van der Waals surface area contributed by atoms with E-state index in [1.807, 2.05) is 19.9 Å². The molecular formula is C17H18O5. The Balaban J connectivity index is 2.85. The summed E-state index contributed by atoms with van der Waals surface area (Å²) in [6, 6.07) is 7.16. The summed E-state index contributed by atoms with van der Waals surface area (Å²) in [6.45, 7) is 4.03. The minimum atomic E-state index is -0.699. The summed E-state index contributed by atoms with van der Waals surface area (Å²) in [6.07, 6.45) is 0. The number of ether oxygens (including phenoxy) is 2. The Labute approximate surface area is 128 Å². The van der Waals surface area contributed by atoms with Gasteiger partial charge in [0.15, 0.2) is 0 Å². The van der Waals surface area contributed by atoms with Crippen molar-refractivity contribution < 1.29 is 24.2 Å². The van der Waals surface area contributed by atoms with Crippen LogP contribution in [0.2, 0.25) is 0 Å². The zero-order valence-electron chi connectivity index (χ0n) is 13.0. The molecule has 0 saturated carbocycles. The third kappa shape index (κ3) is 2.50. The monoisotopic (exact) mass is 302 g/mol. The molecule has 0 bridgehead atoms. The van der Waals surface area contributed by atoms with Crippen LogP contribution in [0.15, 0.2) is 24.3 Å². The van der Waals surface area contributed by atoms with Gasteiger partial charge in [-0.05, 0) is 17.5 Å². The van der Waals surface area contributed by atoms with E-state index in [9.17, 15) is 14.7 Å². The lowest BCUT2D eigenvalue weighted by molar-refractivity contribution is 0.0598. The molecule has 116 valence electrons. The predicted octanol–water partition coefficient (Wildman–Crippen LogP) is 3.19. The van der Waals surface area contributed by atoms with Crippen molar-refractivity contribution in [2.75, 3.05) is 14.2 Å². The standard InChI is InChI=1S/C17H18O5/c1-9(2)10-6-5-7-11-12(8-10)14(17(20)22-4)15(18)13(11)16(19)21-3/h5-9,18H,1-4H3. The van der Waals surface area contributed by atoms with Crippen LogP contribution in [0.1, 0.15) is 46.0 Å². The van der Waals surface area contributed by atoms with Crippen molar-refractivity contribution in [3.63, 3.8) is 0 Å². The molecule has 0 unspecified atom stereocenters. The van der Waals surface area contributed by atoms with E-state index in [-0.39, 0.29) is 17.0 Å². The third-order valence-corrected chi connectivity index (χ3v) is 3.61. The van der Waals surface area contributed by atoms with E-state index < -0.39 is 17.7 Å². The molecule has 0 spiro atoms. The van der Waals surface area contributed by atoms with Gasteiger partial charge in [-0.25, -0.2) is 9.59 Å². The normalized spacial score (nSPS) is 10.8. The van der Waals surface area contributed by atoms with Crippen molar-refractivity contribution in [2.45, 2.75) is 19.8 Å². The SMILES string of the molecule is COC(=O)c1c2cccc(C(C)C)cc-2c(C(=O)OC)c1O. The highest BCUT2D eigenvalue weighted by Gasteiger charge is 2.31. The fraction of sp³-hybridized carbons (Fsp3) is 0.294. The first-order valence-corrected chi connectivity index (χ1v) is 6.87. The molecule has 5 nitrogen and oxygen atoms in total. The van der Waals surface area contributed by atoms with Gasteiger partial charge in [0.05, 0.1) is 14.2 Å². The first-order chi connectivity index (χ1) is 10.4. The number of fused-ring (bicyclic) bond motifs is 1. The van der Waals surface area contributed by atoms with Gasteiger partial charge in [0.25, 0.3) is 0 Å². The van der Waals surface area contributed by atoms with E-state index in [0.717, 1.165) is 5.56 Å². The highest BCUT2D eigenvalue weighted by Crippen LogP contribution is 2.42. The van der Waals surface area contributed by atoms with Gasteiger partial charge in [-0.3, -0.25) is 0 Å². The van der Waals surface area contributed by atoms with E-state index in [2.05, 4.69) is 0 Å². The van der Waals surface area contributed by atoms with Crippen LogP contribution >= 0.6 is 0 Å². The summed E-state index contributed by atoms with van der Waals surface area (Å²) >= 11 is 0. The number of carbonyl (C=O) groups is 2. The highest BCUT2D eigenvalue weighted by atomic mass is 16.5. The van der Waals surface area contributed by atoms with Gasteiger partial charge >= 0.3 is 11.9 Å². The van der Waals surface area contributed by atoms with Gasteiger partial charge in [-0.2, -0.15) is 0 Å². The Kier molecular flexibility index (Phi) is 4.35. The van der Waals surface area contributed by atoms with Crippen molar-refractivity contribution in [3.8, 4) is 16.9 Å². The van der Waals surface area contributed by atoms with Crippen molar-refractivity contribution >= 4 is 11.9 Å². The molecule has 0 aliphatic heterocycles. The number of carbonyl (C=O) groups excluding carboxylic acids is 2. The average Bonchev–Trinajstić information content (AvgIpc) is 2.64. The maximum atomic E-state index is 12.0. The summed E-state index contributed by atoms with van der Waals surface area (Å²) in [5.74, 6) is -1.58. The van der Waals surface area contributed by atoms with Gasteiger partial charge in [0.1, 0.15) is 16.9 Å². The molecule has 0 amide bonds. The van der Waals surface area contributed by atoms with E-state index in [0.29, 0.717) is 11.1 Å². The summed E-state index contributed by atoms with van der Waals surface area (Å²) in [5, 5.41) is 10.3. The first kappa shape index (κ1) is 15.8. The van der Waals surface area contributed by atoms with Crippen molar-refractivity contribution in [3.05, 3.63) is 41.0 Å². The Bertz CT molecular complexity index is 703. The van der Waals surface area contributed by atoms with Crippen LogP contribution < -0.4 is 0 Å². The summed E-state index contributed by atoms with van der Waals surface area (Å²) in [5.41, 5.74) is 1.86. The van der Waals surface area contributed by atoms with Crippen LogP contribution in [-0.2, 0) is 9.47 Å². The lowest BCUT2D eigenvalue weighted by Crippen LogP contribution is -2.02. The molecule has 0 aromatic carbocycles. The lowest BCUT2D eigenvalue weighted by atomic mass is 10.0. The molecule has 2 aliphatic rings. The molecule has 1 N–H and O–H groups in total. The Morgan fingerprint density at radius 3 is 2.05 bits per heavy atom. The van der Waals surface area contributed by atoms with Gasteiger partial charge < -0.3 is 14.6 Å². The molecule has 5 heteroatoms. The van der Waals surface area contributed by atoms with Crippen molar-refractivity contribution in [2.24, 2.45) is 0 Å². The number of rotatable bonds is 3. The van der Waals surface area contributed by atoms with E-state index in [4.69, 9.17) is 9.47 Å². The molecule has 2 rings (SSSR count). The Morgan fingerprint density at radius 1 is 1.00 bits per heavy atom. The van der Waals surface area contributed by atoms with Crippen LogP contribution in [-0.4, -0.2) is 31.3 Å². The maximum Gasteiger partial charge on any atom is 0.342 e. The average molecular weight is 302 g/mol. The van der Waals surface area contributed by atoms with Crippen LogP contribution in [0, 0.1) is 0 Å². The minimum absolute atomic E-state index is 0.0176. The molecule has 0 aromatic rings. The minimum Gasteiger partial charge on any atom is -0.506 e.